The largest absolute Gasteiger partial charge is 0.319 e. The number of rotatable bonds is 4. The Balaban J connectivity index is 1.82. The topological polar surface area (TPSA) is 59.8 Å². The highest BCUT2D eigenvalue weighted by Gasteiger charge is 2.21. The van der Waals surface area contributed by atoms with Crippen LogP contribution in [0.4, 0.5) is 5.69 Å². The first-order valence-electron chi connectivity index (χ1n) is 10.0. The molecule has 4 rings (SSSR count). The van der Waals surface area contributed by atoms with Gasteiger partial charge in [0.05, 0.1) is 5.69 Å². The average molecular weight is 431 g/mol. The Kier molecular flexibility index (Phi) is 5.61. The maximum Gasteiger partial charge on any atom is 0.295 e. The Morgan fingerprint density at radius 2 is 1.68 bits per heavy atom. The van der Waals surface area contributed by atoms with Crippen molar-refractivity contribution in [2.24, 2.45) is 0 Å². The molecule has 0 saturated carbocycles. The maximum atomic E-state index is 13.0. The van der Waals surface area contributed by atoms with Gasteiger partial charge in [-0.1, -0.05) is 53.6 Å². The lowest BCUT2D eigenvalue weighted by Crippen LogP contribution is -2.15. The van der Waals surface area contributed by atoms with Crippen molar-refractivity contribution in [2.75, 3.05) is 5.32 Å². The lowest BCUT2D eigenvalue weighted by atomic mass is 10.1. The van der Waals surface area contributed by atoms with Crippen molar-refractivity contribution in [1.82, 2.24) is 14.8 Å². The molecule has 0 unspecified atom stereocenters. The fourth-order valence-electron chi connectivity index (χ4n) is 3.43. The van der Waals surface area contributed by atoms with Gasteiger partial charge in [-0.2, -0.15) is 0 Å². The number of aromatic nitrogens is 3. The van der Waals surface area contributed by atoms with Crippen LogP contribution < -0.4 is 5.32 Å². The lowest BCUT2D eigenvalue weighted by molar-refractivity contribution is 0.101. The molecule has 1 heterocycles. The number of benzene rings is 3. The molecule has 5 nitrogen and oxygen atoms in total. The molecule has 0 aliphatic rings. The van der Waals surface area contributed by atoms with Gasteiger partial charge in [-0.05, 0) is 68.7 Å². The second kappa shape index (κ2) is 8.36. The van der Waals surface area contributed by atoms with E-state index >= 15 is 0 Å². The smallest absolute Gasteiger partial charge is 0.295 e. The summed E-state index contributed by atoms with van der Waals surface area (Å²) >= 11 is 6.19. The Morgan fingerprint density at radius 3 is 2.45 bits per heavy atom. The molecule has 0 bridgehead atoms. The minimum Gasteiger partial charge on any atom is -0.319 e. The highest BCUT2D eigenvalue weighted by molar-refractivity contribution is 6.31. The highest BCUT2D eigenvalue weighted by Crippen LogP contribution is 2.27. The van der Waals surface area contributed by atoms with Gasteiger partial charge >= 0.3 is 0 Å². The number of carbonyl (C=O) groups excluding carboxylic acids is 1. The summed E-state index contributed by atoms with van der Waals surface area (Å²) in [7, 11) is 0. The standard InChI is InChI=1S/C25H23ClN4O/c1-15-8-5-10-19(14-15)24-28-23(25(31)27-21-12-7-11-20(26)18(21)4)29-30(24)22-13-6-9-16(2)17(22)3/h5-14H,1-4H3,(H,27,31). The summed E-state index contributed by atoms with van der Waals surface area (Å²) in [6.07, 6.45) is 0. The SMILES string of the molecule is Cc1cccc(-c2nc(C(=O)Nc3cccc(Cl)c3C)nn2-c2cccc(C)c2C)c1. The molecule has 0 radical (unpaired) electrons. The quantitative estimate of drug-likeness (QED) is 0.427. The zero-order valence-corrected chi connectivity index (χ0v) is 18.7. The number of carbonyl (C=O) groups is 1. The Hall–Kier alpha value is -3.44. The maximum absolute atomic E-state index is 13.0. The van der Waals surface area contributed by atoms with Crippen LogP contribution in [-0.2, 0) is 0 Å². The zero-order valence-electron chi connectivity index (χ0n) is 17.9. The summed E-state index contributed by atoms with van der Waals surface area (Å²) in [6, 6.07) is 19.4. The monoisotopic (exact) mass is 430 g/mol. The van der Waals surface area contributed by atoms with Crippen molar-refractivity contribution in [3.63, 3.8) is 0 Å². The molecule has 4 aromatic rings. The normalized spacial score (nSPS) is 10.9. The van der Waals surface area contributed by atoms with Gasteiger partial charge in [0.1, 0.15) is 0 Å². The van der Waals surface area contributed by atoms with E-state index in [0.717, 1.165) is 33.5 Å². The third kappa shape index (κ3) is 4.09. The number of hydrogen-bond acceptors (Lipinski definition) is 3. The van der Waals surface area contributed by atoms with Crippen LogP contribution in [0.2, 0.25) is 5.02 Å². The van der Waals surface area contributed by atoms with Crippen molar-refractivity contribution in [3.8, 4) is 17.1 Å². The van der Waals surface area contributed by atoms with Crippen LogP contribution in [0.5, 0.6) is 0 Å². The van der Waals surface area contributed by atoms with Crippen LogP contribution in [0, 0.1) is 27.7 Å². The molecule has 31 heavy (non-hydrogen) atoms. The van der Waals surface area contributed by atoms with E-state index in [1.807, 2.05) is 63.2 Å². The Morgan fingerprint density at radius 1 is 0.935 bits per heavy atom. The lowest BCUT2D eigenvalue weighted by Gasteiger charge is -2.11. The summed E-state index contributed by atoms with van der Waals surface area (Å²) in [6.45, 7) is 7.98. The van der Waals surface area contributed by atoms with E-state index in [2.05, 4.69) is 28.4 Å². The summed E-state index contributed by atoms with van der Waals surface area (Å²) in [4.78, 5) is 17.7. The van der Waals surface area contributed by atoms with Gasteiger partial charge in [-0.3, -0.25) is 4.79 Å². The molecule has 1 amide bonds. The first-order valence-corrected chi connectivity index (χ1v) is 10.4. The fourth-order valence-corrected chi connectivity index (χ4v) is 3.61. The van der Waals surface area contributed by atoms with E-state index in [9.17, 15) is 4.79 Å². The second-order valence-electron chi connectivity index (χ2n) is 7.63. The van der Waals surface area contributed by atoms with Gasteiger partial charge in [0.15, 0.2) is 5.82 Å². The predicted octanol–water partition coefficient (Wildman–Crippen LogP) is 6.07. The van der Waals surface area contributed by atoms with Gasteiger partial charge in [-0.15, -0.1) is 5.10 Å². The molecule has 6 heteroatoms. The first-order chi connectivity index (χ1) is 14.8. The Labute approximate surface area is 186 Å². The number of halogens is 1. The van der Waals surface area contributed by atoms with Crippen molar-refractivity contribution in [2.45, 2.75) is 27.7 Å². The van der Waals surface area contributed by atoms with Gasteiger partial charge in [0, 0.05) is 16.3 Å². The number of anilines is 1. The van der Waals surface area contributed by atoms with Gasteiger partial charge in [-0.25, -0.2) is 9.67 Å². The van der Waals surface area contributed by atoms with E-state index < -0.39 is 0 Å². The van der Waals surface area contributed by atoms with Gasteiger partial charge < -0.3 is 5.32 Å². The molecule has 0 atom stereocenters. The van der Waals surface area contributed by atoms with Crippen molar-refractivity contribution in [1.29, 1.82) is 0 Å². The third-order valence-electron chi connectivity index (χ3n) is 5.41. The van der Waals surface area contributed by atoms with Crippen LogP contribution in [0.1, 0.15) is 32.9 Å². The summed E-state index contributed by atoms with van der Waals surface area (Å²) < 4.78 is 1.75. The first kappa shape index (κ1) is 20.8. The molecule has 1 N–H and O–H groups in total. The van der Waals surface area contributed by atoms with E-state index in [1.54, 1.807) is 16.8 Å². The van der Waals surface area contributed by atoms with Gasteiger partial charge in [0.25, 0.3) is 5.91 Å². The number of aryl methyl sites for hydroxylation is 2. The molecule has 0 aliphatic carbocycles. The molecule has 3 aromatic carbocycles. The summed E-state index contributed by atoms with van der Waals surface area (Å²) in [5.74, 6) is 0.325. The predicted molar refractivity (Wildman–Crippen MR) is 125 cm³/mol. The molecular formula is C25H23ClN4O. The second-order valence-corrected chi connectivity index (χ2v) is 8.03. The molecule has 0 spiro atoms. The van der Waals surface area contributed by atoms with E-state index in [1.165, 1.54) is 0 Å². The minimum absolute atomic E-state index is 0.0942. The fraction of sp³-hybridized carbons (Fsp3) is 0.160. The number of nitrogens with zero attached hydrogens (tertiary/aromatic N) is 3. The highest BCUT2D eigenvalue weighted by atomic mass is 35.5. The molecular weight excluding hydrogens is 408 g/mol. The van der Waals surface area contributed by atoms with Crippen LogP contribution in [0.15, 0.2) is 60.7 Å². The number of nitrogens with one attached hydrogen (secondary N) is 1. The minimum atomic E-state index is -0.386. The van der Waals surface area contributed by atoms with E-state index in [-0.39, 0.29) is 11.7 Å². The van der Waals surface area contributed by atoms with Crippen LogP contribution in [0.25, 0.3) is 17.1 Å². The Bertz CT molecular complexity index is 1290. The molecule has 0 saturated heterocycles. The zero-order chi connectivity index (χ0) is 22.1. The van der Waals surface area contributed by atoms with Crippen LogP contribution in [0.3, 0.4) is 0 Å². The van der Waals surface area contributed by atoms with Crippen molar-refractivity contribution >= 4 is 23.2 Å². The molecule has 156 valence electrons. The summed E-state index contributed by atoms with van der Waals surface area (Å²) in [5, 5.41) is 8.07. The van der Waals surface area contributed by atoms with Gasteiger partial charge in [0.2, 0.25) is 5.82 Å². The summed E-state index contributed by atoms with van der Waals surface area (Å²) in [5.41, 5.74) is 6.55. The molecule has 0 fully saturated rings. The third-order valence-corrected chi connectivity index (χ3v) is 5.82. The van der Waals surface area contributed by atoms with Crippen LogP contribution >= 0.6 is 11.6 Å². The van der Waals surface area contributed by atoms with Crippen molar-refractivity contribution in [3.05, 3.63) is 93.8 Å². The van der Waals surface area contributed by atoms with Crippen molar-refractivity contribution < 1.29 is 4.79 Å². The van der Waals surface area contributed by atoms with E-state index in [4.69, 9.17) is 11.6 Å². The number of hydrogen-bond donors (Lipinski definition) is 1. The van der Waals surface area contributed by atoms with Crippen LogP contribution in [-0.4, -0.2) is 20.7 Å². The average Bonchev–Trinajstić information content (AvgIpc) is 3.19. The van der Waals surface area contributed by atoms with E-state index in [0.29, 0.717) is 16.5 Å². The molecule has 1 aromatic heterocycles. The number of amides is 1. The molecule has 0 aliphatic heterocycles.